The smallest absolute Gasteiger partial charge is 0.173 e. The Labute approximate surface area is 131 Å². The van der Waals surface area contributed by atoms with Gasteiger partial charge in [-0.2, -0.15) is 0 Å². The predicted molar refractivity (Wildman–Crippen MR) is 89.4 cm³/mol. The number of carbonyl (C=O) groups excluding carboxylic acids is 2. The lowest BCUT2D eigenvalue weighted by atomic mass is 9.88. The van der Waals surface area contributed by atoms with Crippen LogP contribution in [0.2, 0.25) is 0 Å². The summed E-state index contributed by atoms with van der Waals surface area (Å²) in [7, 11) is 3.96. The summed E-state index contributed by atoms with van der Waals surface area (Å²) in [6.07, 6.45) is 0.441. The van der Waals surface area contributed by atoms with Crippen molar-refractivity contribution in [2.45, 2.75) is 13.3 Å². The van der Waals surface area contributed by atoms with Gasteiger partial charge in [0.25, 0.3) is 0 Å². The van der Waals surface area contributed by atoms with Crippen LogP contribution in [0, 0.1) is 5.92 Å². The molecule has 0 aliphatic carbocycles. The summed E-state index contributed by atoms with van der Waals surface area (Å²) in [5.41, 5.74) is 2.68. The van der Waals surface area contributed by atoms with Crippen LogP contribution < -0.4 is 4.90 Å². The van der Waals surface area contributed by atoms with Crippen molar-refractivity contribution in [1.29, 1.82) is 0 Å². The van der Waals surface area contributed by atoms with Gasteiger partial charge in [0.05, 0.1) is 5.92 Å². The molecule has 2 aromatic carbocycles. The Morgan fingerprint density at radius 2 is 1.55 bits per heavy atom. The summed E-state index contributed by atoms with van der Waals surface area (Å²) >= 11 is 0. The fourth-order valence-corrected chi connectivity index (χ4v) is 2.39. The monoisotopic (exact) mass is 295 g/mol. The molecule has 0 N–H and O–H groups in total. The van der Waals surface area contributed by atoms with Gasteiger partial charge in [0.15, 0.2) is 5.78 Å². The normalized spacial score (nSPS) is 11.8. The number of benzene rings is 2. The van der Waals surface area contributed by atoms with Gasteiger partial charge in [-0.25, -0.2) is 0 Å². The van der Waals surface area contributed by atoms with Crippen LogP contribution in [0.1, 0.15) is 22.8 Å². The van der Waals surface area contributed by atoms with E-state index in [2.05, 4.69) is 0 Å². The first-order valence-corrected chi connectivity index (χ1v) is 7.35. The van der Waals surface area contributed by atoms with Gasteiger partial charge < -0.3 is 4.90 Å². The molecule has 2 rings (SSSR count). The average Bonchev–Trinajstić information content (AvgIpc) is 2.53. The van der Waals surface area contributed by atoms with Gasteiger partial charge in [-0.15, -0.1) is 0 Å². The second-order valence-electron chi connectivity index (χ2n) is 5.66. The van der Waals surface area contributed by atoms with Gasteiger partial charge in [-0.1, -0.05) is 42.5 Å². The summed E-state index contributed by atoms with van der Waals surface area (Å²) in [5.74, 6) is -0.817. The Hall–Kier alpha value is -2.42. The number of hydrogen-bond donors (Lipinski definition) is 0. The van der Waals surface area contributed by atoms with E-state index < -0.39 is 5.92 Å². The first-order chi connectivity index (χ1) is 10.5. The minimum absolute atomic E-state index is 0.0921. The van der Waals surface area contributed by atoms with Crippen LogP contribution >= 0.6 is 0 Å². The van der Waals surface area contributed by atoms with Crippen molar-refractivity contribution in [1.82, 2.24) is 0 Å². The zero-order valence-electron chi connectivity index (χ0n) is 13.2. The summed E-state index contributed by atoms with van der Waals surface area (Å²) in [5, 5.41) is 0. The predicted octanol–water partition coefficient (Wildman–Crippen LogP) is 3.38. The number of hydrogen-bond acceptors (Lipinski definition) is 3. The fourth-order valence-electron chi connectivity index (χ4n) is 2.39. The van der Waals surface area contributed by atoms with Crippen LogP contribution in [0.4, 0.5) is 5.69 Å². The van der Waals surface area contributed by atoms with E-state index in [0.717, 1.165) is 11.3 Å². The maximum atomic E-state index is 12.5. The molecule has 3 heteroatoms. The van der Waals surface area contributed by atoms with Crippen LogP contribution in [0.3, 0.4) is 0 Å². The molecule has 0 heterocycles. The van der Waals surface area contributed by atoms with Crippen LogP contribution in [-0.4, -0.2) is 25.7 Å². The molecule has 3 nitrogen and oxygen atoms in total. The minimum atomic E-state index is -0.618. The Morgan fingerprint density at radius 3 is 2.05 bits per heavy atom. The van der Waals surface area contributed by atoms with Crippen molar-refractivity contribution in [2.75, 3.05) is 19.0 Å². The van der Waals surface area contributed by atoms with E-state index in [-0.39, 0.29) is 11.6 Å². The molecule has 2 aromatic rings. The van der Waals surface area contributed by atoms with Gasteiger partial charge in [0.1, 0.15) is 5.78 Å². The van der Waals surface area contributed by atoms with Crippen molar-refractivity contribution in [3.05, 3.63) is 65.7 Å². The number of Topliss-reactive ketones (excluding diaryl/α,β-unsaturated/α-hetero) is 2. The minimum Gasteiger partial charge on any atom is -0.378 e. The highest BCUT2D eigenvalue weighted by atomic mass is 16.1. The standard InChI is InChI=1S/C19H21NO2/c1-14(21)18(19(22)16-7-5-4-6-8-16)13-15-9-11-17(12-10-15)20(2)3/h4-12,18H,13H2,1-3H3. The van der Waals surface area contributed by atoms with E-state index in [4.69, 9.17) is 0 Å². The zero-order valence-corrected chi connectivity index (χ0v) is 13.2. The van der Waals surface area contributed by atoms with Crippen molar-refractivity contribution in [2.24, 2.45) is 5.92 Å². The molecule has 0 aromatic heterocycles. The maximum absolute atomic E-state index is 12.5. The zero-order chi connectivity index (χ0) is 16.1. The Bertz CT molecular complexity index is 645. The van der Waals surface area contributed by atoms with Crippen LogP contribution in [-0.2, 0) is 11.2 Å². The second-order valence-corrected chi connectivity index (χ2v) is 5.66. The lowest BCUT2D eigenvalue weighted by Crippen LogP contribution is -2.24. The molecule has 22 heavy (non-hydrogen) atoms. The van der Waals surface area contributed by atoms with E-state index in [1.807, 2.05) is 61.5 Å². The number of ketones is 2. The van der Waals surface area contributed by atoms with E-state index in [0.29, 0.717) is 12.0 Å². The Balaban J connectivity index is 2.19. The average molecular weight is 295 g/mol. The molecule has 0 saturated carbocycles. The van der Waals surface area contributed by atoms with Crippen molar-refractivity contribution >= 4 is 17.3 Å². The molecule has 114 valence electrons. The third-order valence-electron chi connectivity index (χ3n) is 3.76. The molecule has 0 aliphatic heterocycles. The first kappa shape index (κ1) is 16.0. The molecule has 0 amide bonds. The van der Waals surface area contributed by atoms with Gasteiger partial charge >= 0.3 is 0 Å². The second kappa shape index (κ2) is 7.03. The topological polar surface area (TPSA) is 37.4 Å². The molecular formula is C19H21NO2. The van der Waals surface area contributed by atoms with Gasteiger partial charge in [0, 0.05) is 25.3 Å². The van der Waals surface area contributed by atoms with Gasteiger partial charge in [-0.05, 0) is 31.0 Å². The van der Waals surface area contributed by atoms with E-state index in [9.17, 15) is 9.59 Å². The Kier molecular flexibility index (Phi) is 5.10. The number of nitrogens with zero attached hydrogens (tertiary/aromatic N) is 1. The van der Waals surface area contributed by atoms with Crippen molar-refractivity contribution in [3.8, 4) is 0 Å². The number of carbonyl (C=O) groups is 2. The summed E-state index contributed by atoms with van der Waals surface area (Å²) in [6.45, 7) is 1.49. The van der Waals surface area contributed by atoms with Gasteiger partial charge in [-0.3, -0.25) is 9.59 Å². The summed E-state index contributed by atoms with van der Waals surface area (Å²) in [4.78, 5) is 26.5. The summed E-state index contributed by atoms with van der Waals surface area (Å²) < 4.78 is 0. The molecule has 0 spiro atoms. The third kappa shape index (κ3) is 3.82. The molecular weight excluding hydrogens is 274 g/mol. The molecule has 0 bridgehead atoms. The Morgan fingerprint density at radius 1 is 0.955 bits per heavy atom. The van der Waals surface area contributed by atoms with Crippen molar-refractivity contribution in [3.63, 3.8) is 0 Å². The highest BCUT2D eigenvalue weighted by molar-refractivity contribution is 6.10. The quantitative estimate of drug-likeness (QED) is 0.605. The molecule has 0 fully saturated rings. The molecule has 1 unspecified atom stereocenters. The molecule has 0 saturated heterocycles. The van der Waals surface area contributed by atoms with E-state index in [1.165, 1.54) is 6.92 Å². The lowest BCUT2D eigenvalue weighted by Gasteiger charge is -2.15. The fraction of sp³-hybridized carbons (Fsp3) is 0.263. The summed E-state index contributed by atoms with van der Waals surface area (Å²) in [6, 6.07) is 17.0. The highest BCUT2D eigenvalue weighted by Gasteiger charge is 2.24. The van der Waals surface area contributed by atoms with E-state index in [1.54, 1.807) is 12.1 Å². The maximum Gasteiger partial charge on any atom is 0.173 e. The largest absolute Gasteiger partial charge is 0.378 e. The van der Waals surface area contributed by atoms with Crippen LogP contribution in [0.25, 0.3) is 0 Å². The number of rotatable bonds is 6. The lowest BCUT2D eigenvalue weighted by molar-refractivity contribution is -0.119. The van der Waals surface area contributed by atoms with Crippen LogP contribution in [0.5, 0.6) is 0 Å². The van der Waals surface area contributed by atoms with Gasteiger partial charge in [0.2, 0.25) is 0 Å². The number of anilines is 1. The first-order valence-electron chi connectivity index (χ1n) is 7.35. The molecule has 0 radical (unpaired) electrons. The molecule has 0 aliphatic rings. The van der Waals surface area contributed by atoms with Crippen LogP contribution in [0.15, 0.2) is 54.6 Å². The van der Waals surface area contributed by atoms with Crippen molar-refractivity contribution < 1.29 is 9.59 Å². The SMILES string of the molecule is CC(=O)C(Cc1ccc(N(C)C)cc1)C(=O)c1ccccc1. The third-order valence-corrected chi connectivity index (χ3v) is 3.76. The van der Waals surface area contributed by atoms with E-state index >= 15 is 0 Å². The highest BCUT2D eigenvalue weighted by Crippen LogP contribution is 2.19. The molecule has 1 atom stereocenters.